The summed E-state index contributed by atoms with van der Waals surface area (Å²) in [7, 11) is 0. The third kappa shape index (κ3) is 3.01. The van der Waals surface area contributed by atoms with E-state index in [1.165, 1.54) is 31.4 Å². The Bertz CT molecular complexity index is 529. The summed E-state index contributed by atoms with van der Waals surface area (Å²) in [6, 6.07) is 6.74. The number of benzene rings is 1. The van der Waals surface area contributed by atoms with Crippen molar-refractivity contribution >= 4 is 0 Å². The first-order valence-electron chi connectivity index (χ1n) is 6.75. The molecular formula is C15H17FN2O. The van der Waals surface area contributed by atoms with Gasteiger partial charge in [0.1, 0.15) is 5.82 Å². The summed E-state index contributed by atoms with van der Waals surface area (Å²) >= 11 is 0. The Labute approximate surface area is 111 Å². The topological polar surface area (TPSA) is 38.1 Å². The van der Waals surface area contributed by atoms with Crippen molar-refractivity contribution in [3.63, 3.8) is 0 Å². The van der Waals surface area contributed by atoms with Crippen LogP contribution in [0.3, 0.4) is 0 Å². The average Bonchev–Trinajstić information content (AvgIpc) is 2.89. The maximum absolute atomic E-state index is 12.9. The van der Waals surface area contributed by atoms with Crippen molar-refractivity contribution in [1.29, 1.82) is 0 Å². The van der Waals surface area contributed by atoms with Crippen molar-refractivity contribution in [3.05, 3.63) is 42.2 Å². The summed E-state index contributed by atoms with van der Waals surface area (Å²) < 4.78 is 18.6. The molecule has 1 aliphatic heterocycles. The number of hydrogen-bond acceptors (Lipinski definition) is 3. The van der Waals surface area contributed by atoms with Crippen molar-refractivity contribution in [2.75, 3.05) is 6.54 Å². The Morgan fingerprint density at radius 1 is 1.26 bits per heavy atom. The molecule has 0 radical (unpaired) electrons. The van der Waals surface area contributed by atoms with Gasteiger partial charge in [0.15, 0.2) is 11.7 Å². The second-order valence-electron chi connectivity index (χ2n) is 4.98. The predicted molar refractivity (Wildman–Crippen MR) is 71.2 cm³/mol. The zero-order chi connectivity index (χ0) is 13.1. The van der Waals surface area contributed by atoms with Gasteiger partial charge in [-0.05, 0) is 43.7 Å². The van der Waals surface area contributed by atoms with Gasteiger partial charge in [0.25, 0.3) is 0 Å². The maximum Gasteiger partial charge on any atom is 0.196 e. The third-order valence-corrected chi connectivity index (χ3v) is 3.52. The highest BCUT2D eigenvalue weighted by molar-refractivity contribution is 5.55. The lowest BCUT2D eigenvalue weighted by atomic mass is 10.0. The summed E-state index contributed by atoms with van der Waals surface area (Å²) in [6.45, 7) is 1.08. The molecule has 1 N–H and O–H groups in total. The summed E-state index contributed by atoms with van der Waals surface area (Å²) in [5, 5.41) is 3.47. The molecule has 2 aromatic rings. The lowest BCUT2D eigenvalue weighted by molar-refractivity contribution is 0.369. The molecule has 100 valence electrons. The van der Waals surface area contributed by atoms with Crippen LogP contribution < -0.4 is 5.32 Å². The maximum atomic E-state index is 12.9. The molecular weight excluding hydrogens is 243 g/mol. The van der Waals surface area contributed by atoms with Crippen LogP contribution in [0.1, 0.15) is 25.2 Å². The van der Waals surface area contributed by atoms with E-state index in [1.54, 1.807) is 18.3 Å². The van der Waals surface area contributed by atoms with Crippen molar-refractivity contribution in [1.82, 2.24) is 10.3 Å². The molecule has 1 atom stereocenters. The molecule has 0 bridgehead atoms. The summed E-state index contributed by atoms with van der Waals surface area (Å²) in [5.74, 6) is 1.21. The molecule has 1 aliphatic rings. The van der Waals surface area contributed by atoms with Gasteiger partial charge in [0.2, 0.25) is 0 Å². The number of halogens is 1. The largest absolute Gasteiger partial charge is 0.441 e. The highest BCUT2D eigenvalue weighted by Gasteiger charge is 2.16. The molecule has 1 aromatic carbocycles. The van der Waals surface area contributed by atoms with E-state index in [0.29, 0.717) is 11.8 Å². The van der Waals surface area contributed by atoms with E-state index in [0.717, 1.165) is 24.4 Å². The zero-order valence-electron chi connectivity index (χ0n) is 10.7. The van der Waals surface area contributed by atoms with Crippen molar-refractivity contribution in [2.24, 2.45) is 0 Å². The van der Waals surface area contributed by atoms with Crippen molar-refractivity contribution in [2.45, 2.75) is 31.7 Å². The van der Waals surface area contributed by atoms with Gasteiger partial charge < -0.3 is 9.73 Å². The molecule has 0 saturated carbocycles. The van der Waals surface area contributed by atoms with Crippen LogP contribution in [0.25, 0.3) is 11.3 Å². The third-order valence-electron chi connectivity index (χ3n) is 3.52. The van der Waals surface area contributed by atoms with Gasteiger partial charge in [-0.25, -0.2) is 9.37 Å². The number of oxazole rings is 1. The fourth-order valence-corrected chi connectivity index (χ4v) is 2.46. The minimum atomic E-state index is -0.241. The Hall–Kier alpha value is -1.68. The second-order valence-corrected chi connectivity index (χ2v) is 4.98. The molecule has 19 heavy (non-hydrogen) atoms. The zero-order valence-corrected chi connectivity index (χ0v) is 10.7. The van der Waals surface area contributed by atoms with E-state index in [-0.39, 0.29) is 5.82 Å². The number of piperidine rings is 1. The van der Waals surface area contributed by atoms with Crippen molar-refractivity contribution < 1.29 is 8.81 Å². The normalized spacial score (nSPS) is 19.5. The smallest absolute Gasteiger partial charge is 0.196 e. The van der Waals surface area contributed by atoms with Gasteiger partial charge in [-0.2, -0.15) is 0 Å². The van der Waals surface area contributed by atoms with Crippen LogP contribution in [0, 0.1) is 5.82 Å². The molecule has 1 aromatic heterocycles. The van der Waals surface area contributed by atoms with Crippen LogP contribution in [0.2, 0.25) is 0 Å². The van der Waals surface area contributed by atoms with Gasteiger partial charge in [-0.1, -0.05) is 6.42 Å². The van der Waals surface area contributed by atoms with Crippen LogP contribution in [-0.4, -0.2) is 17.6 Å². The van der Waals surface area contributed by atoms with E-state index in [4.69, 9.17) is 4.42 Å². The minimum Gasteiger partial charge on any atom is -0.441 e. The standard InChI is InChI=1S/C15H17FN2O/c16-12-6-4-11(5-7-12)14-10-18-15(19-14)9-13-3-1-2-8-17-13/h4-7,10,13,17H,1-3,8-9H2/t13-/m0/s1. The van der Waals surface area contributed by atoms with E-state index in [1.807, 2.05) is 0 Å². The van der Waals surface area contributed by atoms with Gasteiger partial charge in [-0.3, -0.25) is 0 Å². The summed E-state index contributed by atoms with van der Waals surface area (Å²) in [4.78, 5) is 4.31. The van der Waals surface area contributed by atoms with E-state index in [2.05, 4.69) is 10.3 Å². The first-order chi connectivity index (χ1) is 9.31. The van der Waals surface area contributed by atoms with Gasteiger partial charge in [0.05, 0.1) is 6.20 Å². The van der Waals surface area contributed by atoms with E-state index < -0.39 is 0 Å². The number of hydrogen-bond donors (Lipinski definition) is 1. The molecule has 3 rings (SSSR count). The Morgan fingerprint density at radius 3 is 2.84 bits per heavy atom. The Balaban J connectivity index is 1.70. The fraction of sp³-hybridized carbons (Fsp3) is 0.400. The average molecular weight is 260 g/mol. The lowest BCUT2D eigenvalue weighted by Crippen LogP contribution is -2.35. The SMILES string of the molecule is Fc1ccc(-c2cnc(C[C@@H]3CCCCN3)o2)cc1. The fourth-order valence-electron chi connectivity index (χ4n) is 2.46. The van der Waals surface area contributed by atoms with Gasteiger partial charge in [0, 0.05) is 18.0 Å². The van der Waals surface area contributed by atoms with Crippen LogP contribution in [0.5, 0.6) is 0 Å². The highest BCUT2D eigenvalue weighted by Crippen LogP contribution is 2.22. The lowest BCUT2D eigenvalue weighted by Gasteiger charge is -2.21. The van der Waals surface area contributed by atoms with Crippen molar-refractivity contribution in [3.8, 4) is 11.3 Å². The molecule has 4 heteroatoms. The minimum absolute atomic E-state index is 0.241. The molecule has 0 amide bonds. The first-order valence-corrected chi connectivity index (χ1v) is 6.75. The molecule has 0 spiro atoms. The summed E-state index contributed by atoms with van der Waals surface area (Å²) in [5.41, 5.74) is 0.858. The second kappa shape index (κ2) is 5.53. The van der Waals surface area contributed by atoms with Gasteiger partial charge >= 0.3 is 0 Å². The number of nitrogens with one attached hydrogen (secondary N) is 1. The molecule has 3 nitrogen and oxygen atoms in total. The highest BCUT2D eigenvalue weighted by atomic mass is 19.1. The predicted octanol–water partition coefficient (Wildman–Crippen LogP) is 3.17. The monoisotopic (exact) mass is 260 g/mol. The molecule has 1 saturated heterocycles. The first kappa shape index (κ1) is 12.4. The summed E-state index contributed by atoms with van der Waals surface area (Å²) in [6.07, 6.45) is 6.23. The number of aromatic nitrogens is 1. The molecule has 0 unspecified atom stereocenters. The molecule has 0 aliphatic carbocycles. The van der Waals surface area contributed by atoms with E-state index in [9.17, 15) is 4.39 Å². The number of nitrogens with zero attached hydrogens (tertiary/aromatic N) is 1. The number of rotatable bonds is 3. The van der Waals surface area contributed by atoms with Crippen LogP contribution in [0.4, 0.5) is 4.39 Å². The molecule has 1 fully saturated rings. The Kier molecular flexibility index (Phi) is 3.60. The molecule has 2 heterocycles. The van der Waals surface area contributed by atoms with Crippen LogP contribution in [-0.2, 0) is 6.42 Å². The van der Waals surface area contributed by atoms with Crippen LogP contribution >= 0.6 is 0 Å². The van der Waals surface area contributed by atoms with Crippen LogP contribution in [0.15, 0.2) is 34.9 Å². The van der Waals surface area contributed by atoms with E-state index >= 15 is 0 Å². The quantitative estimate of drug-likeness (QED) is 0.921. The Morgan fingerprint density at radius 2 is 2.11 bits per heavy atom. The van der Waals surface area contributed by atoms with Gasteiger partial charge in [-0.15, -0.1) is 0 Å².